The van der Waals surface area contributed by atoms with Crippen LogP contribution >= 0.6 is 0 Å². The Morgan fingerprint density at radius 3 is 2.52 bits per heavy atom. The average molecular weight is 436 g/mol. The van der Waals surface area contributed by atoms with Crippen LogP contribution in [0.2, 0.25) is 0 Å². The Kier molecular flexibility index (Phi) is 6.21. The number of benzene rings is 1. The maximum atomic E-state index is 13.1. The highest BCUT2D eigenvalue weighted by Gasteiger charge is 2.33. The van der Waals surface area contributed by atoms with E-state index in [1.165, 1.54) is 19.2 Å². The predicted molar refractivity (Wildman–Crippen MR) is 109 cm³/mol. The lowest BCUT2D eigenvalue weighted by molar-refractivity contribution is -0.140. The van der Waals surface area contributed by atoms with E-state index in [-0.39, 0.29) is 34.7 Å². The molecule has 0 unspecified atom stereocenters. The third kappa shape index (κ3) is 4.48. The lowest BCUT2D eigenvalue weighted by Gasteiger charge is -2.11. The largest absolute Gasteiger partial charge is 0.494 e. The first-order chi connectivity index (χ1) is 14.6. The average Bonchev–Trinajstić information content (AvgIpc) is 3.17. The van der Waals surface area contributed by atoms with Crippen molar-refractivity contribution in [3.8, 4) is 17.2 Å². The van der Waals surface area contributed by atoms with Crippen LogP contribution in [0.5, 0.6) is 5.75 Å². The number of methoxy groups -OCH3 is 1. The molecule has 3 N–H and O–H groups in total. The van der Waals surface area contributed by atoms with E-state index < -0.39 is 23.8 Å². The van der Waals surface area contributed by atoms with Gasteiger partial charge in [0.1, 0.15) is 17.0 Å². The number of nitrogens with one attached hydrogen (secondary N) is 1. The zero-order chi connectivity index (χ0) is 22.9. The number of amides is 1. The molecule has 2 heterocycles. The van der Waals surface area contributed by atoms with Gasteiger partial charge >= 0.3 is 6.18 Å². The van der Waals surface area contributed by atoms with Gasteiger partial charge in [-0.3, -0.25) is 4.79 Å². The van der Waals surface area contributed by atoms with Crippen LogP contribution in [0.1, 0.15) is 55.2 Å². The number of nitrogens with zero attached hydrogens (tertiary/aromatic N) is 2. The van der Waals surface area contributed by atoms with Gasteiger partial charge in [0.2, 0.25) is 5.89 Å². The Labute approximate surface area is 176 Å². The van der Waals surface area contributed by atoms with Crippen LogP contribution in [-0.2, 0) is 6.18 Å². The summed E-state index contributed by atoms with van der Waals surface area (Å²) >= 11 is 0. The van der Waals surface area contributed by atoms with Crippen molar-refractivity contribution >= 4 is 16.8 Å². The molecule has 1 aromatic carbocycles. The highest BCUT2D eigenvalue weighted by Crippen LogP contribution is 2.37. The molecule has 3 aromatic rings. The summed E-state index contributed by atoms with van der Waals surface area (Å²) in [6, 6.07) is 4.50. The summed E-state index contributed by atoms with van der Waals surface area (Å²) in [5.74, 6) is -0.0408. The molecular formula is C21H23F3N4O3. The van der Waals surface area contributed by atoms with Crippen LogP contribution in [0, 0.1) is 0 Å². The minimum atomic E-state index is -4.61. The van der Waals surface area contributed by atoms with E-state index in [9.17, 15) is 18.0 Å². The number of hydrogen-bond acceptors (Lipinski definition) is 6. The van der Waals surface area contributed by atoms with E-state index in [1.54, 1.807) is 13.0 Å². The highest BCUT2D eigenvalue weighted by molar-refractivity contribution is 5.98. The van der Waals surface area contributed by atoms with Gasteiger partial charge in [0, 0.05) is 17.0 Å². The molecule has 3 rings (SSSR count). The fourth-order valence-corrected chi connectivity index (χ4v) is 3.01. The third-order valence-corrected chi connectivity index (χ3v) is 4.83. The zero-order valence-electron chi connectivity index (χ0n) is 17.5. The lowest BCUT2D eigenvalue weighted by atomic mass is 10.1. The van der Waals surface area contributed by atoms with Gasteiger partial charge in [-0.25, -0.2) is 9.97 Å². The minimum absolute atomic E-state index is 0.000906. The van der Waals surface area contributed by atoms with Gasteiger partial charge in [-0.05, 0) is 44.5 Å². The second kappa shape index (κ2) is 8.54. The van der Waals surface area contributed by atoms with Crippen molar-refractivity contribution in [1.82, 2.24) is 15.3 Å². The molecule has 0 aliphatic heterocycles. The Hall–Kier alpha value is -3.14. The molecule has 0 radical (unpaired) electrons. The molecule has 0 saturated carbocycles. The van der Waals surface area contributed by atoms with Crippen molar-refractivity contribution in [3.05, 3.63) is 41.4 Å². The van der Waals surface area contributed by atoms with Crippen molar-refractivity contribution in [2.24, 2.45) is 5.73 Å². The number of rotatable bonds is 6. The second-order valence-corrected chi connectivity index (χ2v) is 7.21. The number of halogens is 3. The van der Waals surface area contributed by atoms with Crippen LogP contribution in [-0.4, -0.2) is 29.0 Å². The maximum absolute atomic E-state index is 13.1. The van der Waals surface area contributed by atoms with E-state index in [2.05, 4.69) is 15.3 Å². The van der Waals surface area contributed by atoms with Crippen molar-refractivity contribution < 1.29 is 27.1 Å². The molecule has 2 aromatic heterocycles. The van der Waals surface area contributed by atoms with E-state index in [0.717, 1.165) is 12.5 Å². The predicted octanol–water partition coefficient (Wildman–Crippen LogP) is 4.47. The standard InChI is InChI=1S/C21H23F3N4O3/c1-5-10(2)26-19(29)17-18(11(3)25)31-20(28-17)13-6-8-14(30-4)16-12(13)7-9-15(27-16)21(22,23)24/h6-11H,5,25H2,1-4H3,(H,26,29)/t10-,11+/m1/s1. The number of hydrogen-bond donors (Lipinski definition) is 2. The SMILES string of the molecule is CC[C@@H](C)NC(=O)c1nc(-c2ccc(OC)c3nc(C(F)(F)F)ccc23)oc1[C@H](C)N. The summed E-state index contributed by atoms with van der Waals surface area (Å²) in [7, 11) is 1.34. The quantitative estimate of drug-likeness (QED) is 0.591. The van der Waals surface area contributed by atoms with Crippen molar-refractivity contribution in [2.45, 2.75) is 45.5 Å². The van der Waals surface area contributed by atoms with Gasteiger partial charge < -0.3 is 20.2 Å². The summed E-state index contributed by atoms with van der Waals surface area (Å²) in [5.41, 5.74) is 5.31. The lowest BCUT2D eigenvalue weighted by Crippen LogP contribution is -2.33. The first kappa shape index (κ1) is 22.5. The van der Waals surface area contributed by atoms with E-state index in [0.29, 0.717) is 10.9 Å². The number of carbonyl (C=O) groups is 1. The molecule has 0 bridgehead atoms. The number of oxazole rings is 1. The van der Waals surface area contributed by atoms with Crippen LogP contribution in [0.15, 0.2) is 28.7 Å². The Morgan fingerprint density at radius 2 is 1.94 bits per heavy atom. The molecule has 0 aliphatic rings. The number of pyridine rings is 1. The van der Waals surface area contributed by atoms with Crippen molar-refractivity contribution in [2.75, 3.05) is 7.11 Å². The Morgan fingerprint density at radius 1 is 1.23 bits per heavy atom. The summed E-state index contributed by atoms with van der Waals surface area (Å²) in [6.07, 6.45) is -3.89. The Balaban J connectivity index is 2.17. The van der Waals surface area contributed by atoms with Crippen molar-refractivity contribution in [3.63, 3.8) is 0 Å². The van der Waals surface area contributed by atoms with Gasteiger partial charge in [0.15, 0.2) is 11.5 Å². The third-order valence-electron chi connectivity index (χ3n) is 4.83. The zero-order valence-corrected chi connectivity index (χ0v) is 17.5. The van der Waals surface area contributed by atoms with Gasteiger partial charge in [-0.15, -0.1) is 0 Å². The second-order valence-electron chi connectivity index (χ2n) is 7.21. The van der Waals surface area contributed by atoms with E-state index in [1.807, 2.05) is 13.8 Å². The first-order valence-corrected chi connectivity index (χ1v) is 9.69. The van der Waals surface area contributed by atoms with Crippen LogP contribution < -0.4 is 15.8 Å². The maximum Gasteiger partial charge on any atom is 0.433 e. The van der Waals surface area contributed by atoms with Gasteiger partial charge in [0.05, 0.1) is 13.2 Å². The molecule has 2 atom stereocenters. The minimum Gasteiger partial charge on any atom is -0.494 e. The van der Waals surface area contributed by atoms with Crippen LogP contribution in [0.4, 0.5) is 13.2 Å². The monoisotopic (exact) mass is 436 g/mol. The van der Waals surface area contributed by atoms with Gasteiger partial charge in [0.25, 0.3) is 5.91 Å². The fraction of sp³-hybridized carbons (Fsp3) is 0.381. The fourth-order valence-electron chi connectivity index (χ4n) is 3.01. The Bertz CT molecular complexity index is 1110. The summed E-state index contributed by atoms with van der Waals surface area (Å²) < 4.78 is 50.4. The summed E-state index contributed by atoms with van der Waals surface area (Å²) in [4.78, 5) is 20.7. The normalized spacial score (nSPS) is 13.8. The molecule has 10 heteroatoms. The van der Waals surface area contributed by atoms with E-state index in [4.69, 9.17) is 14.9 Å². The molecule has 0 saturated heterocycles. The first-order valence-electron chi connectivity index (χ1n) is 9.69. The van der Waals surface area contributed by atoms with Crippen LogP contribution in [0.25, 0.3) is 22.4 Å². The van der Waals surface area contributed by atoms with Gasteiger partial charge in [-0.1, -0.05) is 6.92 Å². The number of ether oxygens (including phenoxy) is 1. The molecular weight excluding hydrogens is 413 g/mol. The molecule has 31 heavy (non-hydrogen) atoms. The van der Waals surface area contributed by atoms with Crippen molar-refractivity contribution in [1.29, 1.82) is 0 Å². The smallest absolute Gasteiger partial charge is 0.433 e. The molecule has 0 fully saturated rings. The number of carbonyl (C=O) groups excluding carboxylic acids is 1. The molecule has 0 spiro atoms. The van der Waals surface area contributed by atoms with Crippen LogP contribution in [0.3, 0.4) is 0 Å². The van der Waals surface area contributed by atoms with Gasteiger partial charge in [-0.2, -0.15) is 13.2 Å². The molecule has 0 aliphatic carbocycles. The molecule has 166 valence electrons. The number of fused-ring (bicyclic) bond motifs is 1. The topological polar surface area (TPSA) is 103 Å². The molecule has 7 nitrogen and oxygen atoms in total. The number of alkyl halides is 3. The van der Waals surface area contributed by atoms with E-state index >= 15 is 0 Å². The highest BCUT2D eigenvalue weighted by atomic mass is 19.4. The number of nitrogens with two attached hydrogens (primary N) is 1. The summed E-state index contributed by atoms with van der Waals surface area (Å²) in [5, 5.41) is 3.14. The summed E-state index contributed by atoms with van der Waals surface area (Å²) in [6.45, 7) is 5.43. The number of aromatic nitrogens is 2. The molecule has 1 amide bonds.